The van der Waals surface area contributed by atoms with E-state index in [1.54, 1.807) is 11.4 Å². The van der Waals surface area contributed by atoms with Crippen molar-refractivity contribution in [2.24, 2.45) is 10.9 Å². The summed E-state index contributed by atoms with van der Waals surface area (Å²) < 4.78 is 38.0. The average molecular weight is 575 g/mol. The summed E-state index contributed by atoms with van der Waals surface area (Å²) in [5.74, 6) is 1.57. The minimum atomic E-state index is -3.27. The van der Waals surface area contributed by atoms with E-state index in [1.807, 2.05) is 13.8 Å². The fraction of sp³-hybridized carbons (Fsp3) is 0.952. The number of piperazine rings is 1. The van der Waals surface area contributed by atoms with Gasteiger partial charge in [-0.05, 0) is 46.0 Å². The highest BCUT2D eigenvalue weighted by atomic mass is 127. The fourth-order valence-corrected chi connectivity index (χ4v) is 5.64. The van der Waals surface area contributed by atoms with Gasteiger partial charge < -0.3 is 19.7 Å². The molecule has 0 aromatic carbocycles. The minimum absolute atomic E-state index is 0. The van der Waals surface area contributed by atoms with Crippen molar-refractivity contribution < 1.29 is 17.9 Å². The topological polar surface area (TPSA) is 83.5 Å². The van der Waals surface area contributed by atoms with Crippen molar-refractivity contribution in [3.8, 4) is 0 Å². The van der Waals surface area contributed by atoms with Crippen molar-refractivity contribution in [1.29, 1.82) is 0 Å². The largest absolute Gasteiger partial charge is 0.378 e. The van der Waals surface area contributed by atoms with E-state index in [1.165, 1.54) is 25.7 Å². The minimum Gasteiger partial charge on any atom is -0.378 e. The van der Waals surface area contributed by atoms with Gasteiger partial charge in [-0.2, -0.15) is 4.31 Å². The molecule has 0 bridgehead atoms. The molecule has 0 spiro atoms. The van der Waals surface area contributed by atoms with E-state index in [0.29, 0.717) is 38.2 Å². The third kappa shape index (κ3) is 9.69. The Labute approximate surface area is 206 Å². The van der Waals surface area contributed by atoms with Gasteiger partial charge in [0.1, 0.15) is 0 Å². The molecule has 184 valence electrons. The maximum Gasteiger partial charge on any atom is 0.216 e. The van der Waals surface area contributed by atoms with E-state index in [9.17, 15) is 8.42 Å². The van der Waals surface area contributed by atoms with Crippen LogP contribution in [0.3, 0.4) is 0 Å². The van der Waals surface area contributed by atoms with Gasteiger partial charge in [-0.15, -0.1) is 24.0 Å². The molecule has 1 heterocycles. The Hall–Kier alpha value is -0.170. The molecular formula is C21H43IN4O4S. The molecule has 8 nitrogen and oxygen atoms in total. The van der Waals surface area contributed by atoms with E-state index >= 15 is 0 Å². The molecule has 1 unspecified atom stereocenters. The number of rotatable bonds is 11. The van der Waals surface area contributed by atoms with Gasteiger partial charge in [0.15, 0.2) is 5.96 Å². The smallest absolute Gasteiger partial charge is 0.216 e. The zero-order valence-corrected chi connectivity index (χ0v) is 22.9. The number of halogens is 1. The number of hydrogen-bond donors (Lipinski definition) is 1. The van der Waals surface area contributed by atoms with Crippen molar-refractivity contribution >= 4 is 40.0 Å². The van der Waals surface area contributed by atoms with Gasteiger partial charge in [-0.3, -0.25) is 4.99 Å². The molecule has 0 aromatic heterocycles. The molecule has 1 aliphatic carbocycles. The van der Waals surface area contributed by atoms with Crippen LogP contribution in [0.4, 0.5) is 0 Å². The van der Waals surface area contributed by atoms with Crippen molar-refractivity contribution in [3.05, 3.63) is 0 Å². The van der Waals surface area contributed by atoms with Crippen molar-refractivity contribution in [1.82, 2.24) is 14.5 Å². The van der Waals surface area contributed by atoms with Crippen LogP contribution in [-0.4, -0.2) is 94.5 Å². The van der Waals surface area contributed by atoms with Crippen LogP contribution < -0.4 is 5.32 Å². The van der Waals surface area contributed by atoms with Crippen LogP contribution >= 0.6 is 24.0 Å². The van der Waals surface area contributed by atoms with Gasteiger partial charge in [0.25, 0.3) is 0 Å². The SMILES string of the molecule is CCOC(CCNC(=NC)N1CCN(S(=O)(=O)CCOC(C)C)CC1)C1CCCC1.I. The van der Waals surface area contributed by atoms with Gasteiger partial charge in [-0.25, -0.2) is 8.42 Å². The van der Waals surface area contributed by atoms with Crippen molar-refractivity contribution in [3.63, 3.8) is 0 Å². The highest BCUT2D eigenvalue weighted by Gasteiger charge is 2.29. The monoisotopic (exact) mass is 574 g/mol. The first-order chi connectivity index (χ1) is 14.4. The summed E-state index contributed by atoms with van der Waals surface area (Å²) in [5.41, 5.74) is 0. The molecule has 1 N–H and O–H groups in total. The van der Waals surface area contributed by atoms with E-state index < -0.39 is 10.0 Å². The highest BCUT2D eigenvalue weighted by Crippen LogP contribution is 2.30. The summed E-state index contributed by atoms with van der Waals surface area (Å²) in [7, 11) is -1.49. The Balaban J connectivity index is 0.00000480. The third-order valence-corrected chi connectivity index (χ3v) is 7.79. The number of guanidine groups is 1. The van der Waals surface area contributed by atoms with E-state index in [2.05, 4.69) is 22.1 Å². The molecule has 1 saturated carbocycles. The summed E-state index contributed by atoms with van der Waals surface area (Å²) in [6.45, 7) is 9.95. The first-order valence-electron chi connectivity index (χ1n) is 11.5. The van der Waals surface area contributed by atoms with Crippen LogP contribution in [0.15, 0.2) is 4.99 Å². The number of hydrogen-bond acceptors (Lipinski definition) is 5. The van der Waals surface area contributed by atoms with E-state index in [4.69, 9.17) is 9.47 Å². The number of nitrogens with one attached hydrogen (secondary N) is 1. The Morgan fingerprint density at radius 1 is 1.13 bits per heavy atom. The third-order valence-electron chi connectivity index (χ3n) is 5.95. The average Bonchev–Trinajstić information content (AvgIpc) is 3.25. The Morgan fingerprint density at radius 3 is 2.32 bits per heavy atom. The zero-order valence-electron chi connectivity index (χ0n) is 19.7. The van der Waals surface area contributed by atoms with Gasteiger partial charge in [0.2, 0.25) is 10.0 Å². The molecule has 1 saturated heterocycles. The summed E-state index contributed by atoms with van der Waals surface area (Å²) in [5, 5.41) is 3.46. The lowest BCUT2D eigenvalue weighted by Crippen LogP contribution is -2.54. The number of sulfonamides is 1. The fourth-order valence-electron chi connectivity index (χ4n) is 4.35. The molecule has 31 heavy (non-hydrogen) atoms. The second-order valence-electron chi connectivity index (χ2n) is 8.42. The molecule has 2 rings (SSSR count). The second kappa shape index (κ2) is 14.9. The van der Waals surface area contributed by atoms with Crippen LogP contribution in [0.5, 0.6) is 0 Å². The molecular weight excluding hydrogens is 531 g/mol. The Bertz CT molecular complexity index is 619. The first-order valence-corrected chi connectivity index (χ1v) is 13.1. The van der Waals surface area contributed by atoms with Gasteiger partial charge in [-0.1, -0.05) is 12.8 Å². The van der Waals surface area contributed by atoms with Gasteiger partial charge >= 0.3 is 0 Å². The summed E-state index contributed by atoms with van der Waals surface area (Å²) >= 11 is 0. The zero-order chi connectivity index (χ0) is 22.0. The van der Waals surface area contributed by atoms with Crippen LogP contribution in [0, 0.1) is 5.92 Å². The van der Waals surface area contributed by atoms with Gasteiger partial charge in [0, 0.05) is 46.4 Å². The Kier molecular flexibility index (Phi) is 13.8. The van der Waals surface area contributed by atoms with Crippen molar-refractivity contribution in [2.75, 3.05) is 58.7 Å². The molecule has 1 aliphatic heterocycles. The molecule has 0 radical (unpaired) electrons. The maximum absolute atomic E-state index is 12.5. The molecule has 2 aliphatic rings. The standard InChI is InChI=1S/C21H42N4O4S.HI/c1-5-28-20(19-8-6-7-9-19)10-11-23-21(22-4)24-12-14-25(15-13-24)30(26,27)17-16-29-18(2)3;/h18-20H,5-17H2,1-4H3,(H,22,23);1H. The molecule has 0 aromatic rings. The quantitative estimate of drug-likeness (QED) is 0.232. The van der Waals surface area contributed by atoms with Crippen LogP contribution in [0.2, 0.25) is 0 Å². The number of aliphatic imine (C=N–C) groups is 1. The highest BCUT2D eigenvalue weighted by molar-refractivity contribution is 14.0. The normalized spacial score (nSPS) is 20.2. The lowest BCUT2D eigenvalue weighted by Gasteiger charge is -2.36. The van der Waals surface area contributed by atoms with Crippen LogP contribution in [0.1, 0.15) is 52.9 Å². The summed E-state index contributed by atoms with van der Waals surface area (Å²) in [6, 6.07) is 0. The summed E-state index contributed by atoms with van der Waals surface area (Å²) in [4.78, 5) is 6.55. The summed E-state index contributed by atoms with van der Waals surface area (Å²) in [6.07, 6.45) is 6.53. The second-order valence-corrected chi connectivity index (χ2v) is 10.5. The van der Waals surface area contributed by atoms with E-state index in [-0.39, 0.29) is 42.4 Å². The molecule has 0 amide bonds. The number of ether oxygens (including phenoxy) is 2. The maximum atomic E-state index is 12.5. The predicted molar refractivity (Wildman–Crippen MR) is 137 cm³/mol. The van der Waals surface area contributed by atoms with Crippen LogP contribution in [-0.2, 0) is 19.5 Å². The molecule has 10 heteroatoms. The van der Waals surface area contributed by atoms with Crippen molar-refractivity contribution in [2.45, 2.75) is 65.1 Å². The predicted octanol–water partition coefficient (Wildman–Crippen LogP) is 2.54. The first kappa shape index (κ1) is 28.9. The number of nitrogens with zero attached hydrogens (tertiary/aromatic N) is 3. The Morgan fingerprint density at radius 2 is 1.77 bits per heavy atom. The molecule has 1 atom stereocenters. The van der Waals surface area contributed by atoms with E-state index in [0.717, 1.165) is 25.5 Å². The lowest BCUT2D eigenvalue weighted by molar-refractivity contribution is 0.0168. The lowest BCUT2D eigenvalue weighted by atomic mass is 9.98. The van der Waals surface area contributed by atoms with Gasteiger partial charge in [0.05, 0.1) is 24.6 Å². The van der Waals surface area contributed by atoms with Crippen LogP contribution in [0.25, 0.3) is 0 Å². The molecule has 2 fully saturated rings.